The zero-order valence-corrected chi connectivity index (χ0v) is 10.5. The van der Waals surface area contributed by atoms with Crippen LogP contribution in [0.25, 0.3) is 0 Å². The van der Waals surface area contributed by atoms with E-state index in [4.69, 9.17) is 4.74 Å². The Morgan fingerprint density at radius 1 is 1.37 bits per heavy atom. The lowest BCUT2D eigenvalue weighted by atomic mass is 10.2. The maximum atomic E-state index is 10.9. The summed E-state index contributed by atoms with van der Waals surface area (Å²) >= 11 is 0. The summed E-state index contributed by atoms with van der Waals surface area (Å²) in [5, 5.41) is 13.7. The van der Waals surface area contributed by atoms with E-state index >= 15 is 0 Å². The second-order valence-electron chi connectivity index (χ2n) is 3.82. The van der Waals surface area contributed by atoms with Gasteiger partial charge in [0.2, 0.25) is 11.6 Å². The normalized spacial score (nSPS) is 10.0. The molecule has 1 aromatic heterocycles. The predicted octanol–water partition coefficient (Wildman–Crippen LogP) is 2.53. The molecule has 98 valence electrons. The number of nitrogens with one attached hydrogen (secondary N) is 1. The van der Waals surface area contributed by atoms with Gasteiger partial charge in [0.25, 0.3) is 0 Å². The molecular formula is C12H12N4O3. The molecule has 1 N–H and O–H groups in total. The van der Waals surface area contributed by atoms with Gasteiger partial charge in [-0.3, -0.25) is 15.1 Å². The van der Waals surface area contributed by atoms with Crippen LogP contribution in [0.1, 0.15) is 5.56 Å². The van der Waals surface area contributed by atoms with Gasteiger partial charge in [-0.25, -0.2) is 0 Å². The highest BCUT2D eigenvalue weighted by Crippen LogP contribution is 2.31. The topological polar surface area (TPSA) is 90.2 Å². The minimum atomic E-state index is -0.496. The summed E-state index contributed by atoms with van der Waals surface area (Å²) in [6, 6.07) is 4.65. The van der Waals surface area contributed by atoms with Gasteiger partial charge in [-0.05, 0) is 18.6 Å². The minimum absolute atomic E-state index is 0.109. The van der Waals surface area contributed by atoms with Crippen molar-refractivity contribution < 1.29 is 9.66 Å². The van der Waals surface area contributed by atoms with E-state index < -0.39 is 4.92 Å². The molecule has 1 heterocycles. The third kappa shape index (κ3) is 2.95. The number of aromatic nitrogens is 2. The largest absolute Gasteiger partial charge is 0.430 e. The molecule has 0 amide bonds. The highest BCUT2D eigenvalue weighted by molar-refractivity contribution is 5.49. The van der Waals surface area contributed by atoms with Gasteiger partial charge in [-0.2, -0.15) is 4.98 Å². The zero-order valence-electron chi connectivity index (χ0n) is 10.5. The van der Waals surface area contributed by atoms with Crippen LogP contribution < -0.4 is 10.1 Å². The smallest absolute Gasteiger partial charge is 0.311 e. The van der Waals surface area contributed by atoms with Gasteiger partial charge in [0, 0.05) is 13.1 Å². The van der Waals surface area contributed by atoms with Crippen LogP contribution in [0.4, 0.5) is 11.5 Å². The molecule has 19 heavy (non-hydrogen) atoms. The Balaban J connectivity index is 2.36. The van der Waals surface area contributed by atoms with Crippen molar-refractivity contribution >= 4 is 11.5 Å². The Morgan fingerprint density at radius 3 is 2.84 bits per heavy atom. The van der Waals surface area contributed by atoms with E-state index in [1.165, 1.54) is 18.5 Å². The summed E-state index contributed by atoms with van der Waals surface area (Å²) in [7, 11) is 1.70. The first kappa shape index (κ1) is 12.7. The number of ether oxygens (including phenoxy) is 1. The van der Waals surface area contributed by atoms with E-state index in [1.807, 2.05) is 6.92 Å². The van der Waals surface area contributed by atoms with Crippen molar-refractivity contribution in [3.63, 3.8) is 0 Å². The number of benzene rings is 1. The van der Waals surface area contributed by atoms with E-state index in [2.05, 4.69) is 15.3 Å². The van der Waals surface area contributed by atoms with Crippen molar-refractivity contribution in [2.45, 2.75) is 6.92 Å². The lowest BCUT2D eigenvalue weighted by Crippen LogP contribution is -1.98. The third-order valence-corrected chi connectivity index (χ3v) is 2.40. The Morgan fingerprint density at radius 2 is 2.16 bits per heavy atom. The molecule has 2 rings (SSSR count). The van der Waals surface area contributed by atoms with Crippen molar-refractivity contribution in [2.75, 3.05) is 12.4 Å². The summed E-state index contributed by atoms with van der Waals surface area (Å²) in [5.41, 5.74) is 0.751. The minimum Gasteiger partial charge on any atom is -0.430 e. The summed E-state index contributed by atoms with van der Waals surface area (Å²) in [6.07, 6.45) is 2.92. The van der Waals surface area contributed by atoms with Crippen LogP contribution in [0.2, 0.25) is 0 Å². The van der Waals surface area contributed by atoms with Crippen LogP contribution in [0.5, 0.6) is 11.6 Å². The van der Waals surface area contributed by atoms with Crippen LogP contribution >= 0.6 is 0 Å². The highest BCUT2D eigenvalue weighted by Gasteiger charge is 2.16. The van der Waals surface area contributed by atoms with Crippen molar-refractivity contribution in [1.29, 1.82) is 0 Å². The van der Waals surface area contributed by atoms with Gasteiger partial charge in [0.05, 0.1) is 17.3 Å². The fraction of sp³-hybridized carbons (Fsp3) is 0.167. The van der Waals surface area contributed by atoms with Crippen LogP contribution in [0.3, 0.4) is 0 Å². The molecule has 0 radical (unpaired) electrons. The lowest BCUT2D eigenvalue weighted by Gasteiger charge is -2.07. The van der Waals surface area contributed by atoms with Gasteiger partial charge in [0.15, 0.2) is 0 Å². The monoisotopic (exact) mass is 260 g/mol. The zero-order chi connectivity index (χ0) is 13.8. The highest BCUT2D eigenvalue weighted by atomic mass is 16.6. The molecule has 0 saturated heterocycles. The van der Waals surface area contributed by atoms with Gasteiger partial charge in [-0.1, -0.05) is 6.07 Å². The van der Waals surface area contributed by atoms with E-state index in [0.29, 0.717) is 5.82 Å². The number of hydrogen-bond acceptors (Lipinski definition) is 6. The maximum Gasteiger partial charge on any atom is 0.311 e. The summed E-state index contributed by atoms with van der Waals surface area (Å²) < 4.78 is 5.44. The fourth-order valence-corrected chi connectivity index (χ4v) is 1.48. The Labute approximate surface area is 109 Å². The van der Waals surface area contributed by atoms with E-state index in [1.54, 1.807) is 19.2 Å². The first-order valence-corrected chi connectivity index (χ1v) is 5.53. The second kappa shape index (κ2) is 5.30. The summed E-state index contributed by atoms with van der Waals surface area (Å²) in [5.74, 6) is 0.862. The van der Waals surface area contributed by atoms with Crippen LogP contribution in [0.15, 0.2) is 30.6 Å². The number of nitrogens with zero attached hydrogens (tertiary/aromatic N) is 3. The lowest BCUT2D eigenvalue weighted by molar-refractivity contribution is -0.385. The van der Waals surface area contributed by atoms with Crippen LogP contribution in [-0.2, 0) is 0 Å². The van der Waals surface area contributed by atoms with Crippen molar-refractivity contribution in [1.82, 2.24) is 9.97 Å². The number of anilines is 1. The van der Waals surface area contributed by atoms with Crippen molar-refractivity contribution in [3.05, 3.63) is 46.3 Å². The molecule has 0 bridgehead atoms. The predicted molar refractivity (Wildman–Crippen MR) is 69.5 cm³/mol. The molecule has 1 aromatic carbocycles. The van der Waals surface area contributed by atoms with Crippen molar-refractivity contribution in [2.24, 2.45) is 0 Å². The maximum absolute atomic E-state index is 10.9. The number of nitro benzene ring substituents is 1. The number of rotatable bonds is 4. The van der Waals surface area contributed by atoms with Gasteiger partial charge in [0.1, 0.15) is 5.82 Å². The molecule has 2 aromatic rings. The second-order valence-corrected chi connectivity index (χ2v) is 3.82. The summed E-state index contributed by atoms with van der Waals surface area (Å²) in [4.78, 5) is 18.5. The molecule has 7 nitrogen and oxygen atoms in total. The number of hydrogen-bond donors (Lipinski definition) is 1. The molecule has 0 atom stereocenters. The quantitative estimate of drug-likeness (QED) is 0.671. The molecule has 0 aliphatic carbocycles. The van der Waals surface area contributed by atoms with Gasteiger partial charge < -0.3 is 10.1 Å². The first-order valence-electron chi connectivity index (χ1n) is 5.53. The average molecular weight is 260 g/mol. The van der Waals surface area contributed by atoms with Crippen molar-refractivity contribution in [3.8, 4) is 11.6 Å². The van der Waals surface area contributed by atoms with Crippen LogP contribution in [-0.4, -0.2) is 21.9 Å². The molecule has 0 saturated carbocycles. The molecular weight excluding hydrogens is 248 g/mol. The van der Waals surface area contributed by atoms with Gasteiger partial charge in [-0.15, -0.1) is 0 Å². The third-order valence-electron chi connectivity index (χ3n) is 2.40. The first-order chi connectivity index (χ1) is 9.10. The van der Waals surface area contributed by atoms with Crippen LogP contribution in [0, 0.1) is 17.0 Å². The molecule has 0 fully saturated rings. The summed E-state index contributed by atoms with van der Waals surface area (Å²) in [6.45, 7) is 1.83. The number of aryl methyl sites for hydroxylation is 1. The van der Waals surface area contributed by atoms with E-state index in [9.17, 15) is 10.1 Å². The molecule has 7 heteroatoms. The Hall–Kier alpha value is -2.70. The number of nitro groups is 1. The standard InChI is InChI=1S/C12H12N4O3/c1-8-3-4-9(16(17)18)10(5-8)19-12-7-14-6-11(13-2)15-12/h3-7H,1-2H3,(H,13,15). The molecule has 0 aliphatic rings. The Kier molecular flexibility index (Phi) is 3.56. The van der Waals surface area contributed by atoms with E-state index in [0.717, 1.165) is 5.56 Å². The SMILES string of the molecule is CNc1cncc(Oc2cc(C)ccc2[N+](=O)[O-])n1. The molecule has 0 unspecified atom stereocenters. The van der Waals surface area contributed by atoms with Gasteiger partial charge >= 0.3 is 5.69 Å². The Bertz CT molecular complexity index is 616. The average Bonchev–Trinajstić information content (AvgIpc) is 2.38. The fourth-order valence-electron chi connectivity index (χ4n) is 1.48. The molecule has 0 aliphatic heterocycles. The molecule has 0 spiro atoms. The van der Waals surface area contributed by atoms with E-state index in [-0.39, 0.29) is 17.3 Å².